The normalized spacial score (nSPS) is 13.8. The lowest BCUT2D eigenvalue weighted by atomic mass is 10.1. The van der Waals surface area contributed by atoms with Crippen molar-refractivity contribution in [3.8, 4) is 0 Å². The predicted octanol–water partition coefficient (Wildman–Crippen LogP) is 1.51. The molecule has 9 nitrogen and oxygen atoms in total. The summed E-state index contributed by atoms with van der Waals surface area (Å²) in [7, 11) is 1.27. The SMILES string of the molecule is CN(C(=O)OCc1ccccc1)[C@@H](CNN1C(=O)c2ccccc2C1=O)C(=O)O. The van der Waals surface area contributed by atoms with Crippen LogP contribution in [0.5, 0.6) is 0 Å². The number of hydrogen-bond acceptors (Lipinski definition) is 6. The summed E-state index contributed by atoms with van der Waals surface area (Å²) in [5.41, 5.74) is 3.74. The number of carboxylic acid groups (broad SMARTS) is 1. The lowest BCUT2D eigenvalue weighted by Gasteiger charge is -2.26. The summed E-state index contributed by atoms with van der Waals surface area (Å²) in [4.78, 5) is 49.4. The number of nitrogens with zero attached hydrogens (tertiary/aromatic N) is 2. The van der Waals surface area contributed by atoms with Gasteiger partial charge in [0.25, 0.3) is 11.8 Å². The van der Waals surface area contributed by atoms with Gasteiger partial charge in [-0.3, -0.25) is 14.5 Å². The molecule has 1 aliphatic rings. The van der Waals surface area contributed by atoms with E-state index in [0.717, 1.165) is 15.5 Å². The highest BCUT2D eigenvalue weighted by atomic mass is 16.6. The molecule has 0 aliphatic carbocycles. The van der Waals surface area contributed by atoms with Crippen LogP contribution in [-0.2, 0) is 16.1 Å². The molecule has 1 heterocycles. The average Bonchev–Trinajstić information content (AvgIpc) is 2.97. The van der Waals surface area contributed by atoms with Crippen molar-refractivity contribution in [1.82, 2.24) is 15.3 Å². The van der Waals surface area contributed by atoms with Gasteiger partial charge in [0.15, 0.2) is 0 Å². The Labute approximate surface area is 166 Å². The first kappa shape index (κ1) is 20.0. The number of hydrazine groups is 1. The Bertz CT molecular complexity index is 911. The Morgan fingerprint density at radius 2 is 1.59 bits per heavy atom. The summed E-state index contributed by atoms with van der Waals surface area (Å²) < 4.78 is 5.13. The number of nitrogens with one attached hydrogen (secondary N) is 1. The second-order valence-electron chi connectivity index (χ2n) is 6.36. The molecule has 0 fully saturated rings. The van der Waals surface area contributed by atoms with Gasteiger partial charge in [0, 0.05) is 13.6 Å². The molecule has 3 amide bonds. The monoisotopic (exact) mass is 397 g/mol. The molecule has 0 radical (unpaired) electrons. The number of likely N-dealkylation sites (N-methyl/N-ethyl adjacent to an activating group) is 1. The smallest absolute Gasteiger partial charge is 0.410 e. The third-order valence-electron chi connectivity index (χ3n) is 4.48. The van der Waals surface area contributed by atoms with Crippen molar-refractivity contribution in [3.63, 3.8) is 0 Å². The van der Waals surface area contributed by atoms with Gasteiger partial charge in [-0.25, -0.2) is 20.0 Å². The fraction of sp³-hybridized carbons (Fsp3) is 0.200. The van der Waals surface area contributed by atoms with Crippen molar-refractivity contribution in [1.29, 1.82) is 0 Å². The zero-order valence-corrected chi connectivity index (χ0v) is 15.6. The zero-order chi connectivity index (χ0) is 21.0. The minimum atomic E-state index is -1.36. The Morgan fingerprint density at radius 3 is 2.14 bits per heavy atom. The van der Waals surface area contributed by atoms with E-state index in [1.54, 1.807) is 36.4 Å². The number of carbonyl (C=O) groups is 4. The van der Waals surface area contributed by atoms with Crippen LogP contribution in [0.15, 0.2) is 54.6 Å². The lowest BCUT2D eigenvalue weighted by Crippen LogP contribution is -2.53. The first-order chi connectivity index (χ1) is 13.9. The van der Waals surface area contributed by atoms with Gasteiger partial charge in [-0.1, -0.05) is 42.5 Å². The maximum Gasteiger partial charge on any atom is 0.410 e. The van der Waals surface area contributed by atoms with E-state index in [2.05, 4.69) is 5.43 Å². The van der Waals surface area contributed by atoms with Gasteiger partial charge in [0.1, 0.15) is 12.6 Å². The van der Waals surface area contributed by atoms with Crippen LogP contribution in [0, 0.1) is 0 Å². The Hall–Kier alpha value is -3.72. The number of hydrogen-bond donors (Lipinski definition) is 2. The molecule has 0 aromatic heterocycles. The second kappa shape index (κ2) is 8.53. The number of ether oxygens (including phenoxy) is 1. The fourth-order valence-electron chi connectivity index (χ4n) is 2.85. The summed E-state index contributed by atoms with van der Waals surface area (Å²) >= 11 is 0. The zero-order valence-electron chi connectivity index (χ0n) is 15.6. The number of fused-ring (bicyclic) bond motifs is 1. The molecule has 9 heteroatoms. The highest BCUT2D eigenvalue weighted by Crippen LogP contribution is 2.20. The third-order valence-corrected chi connectivity index (χ3v) is 4.48. The van der Waals surface area contributed by atoms with Crippen LogP contribution in [0.4, 0.5) is 4.79 Å². The number of imide groups is 1. The highest BCUT2D eigenvalue weighted by molar-refractivity contribution is 6.20. The van der Waals surface area contributed by atoms with Crippen LogP contribution in [0.3, 0.4) is 0 Å². The van der Waals surface area contributed by atoms with Gasteiger partial charge in [-0.2, -0.15) is 0 Å². The van der Waals surface area contributed by atoms with Gasteiger partial charge in [-0.15, -0.1) is 0 Å². The maximum atomic E-state index is 12.3. The summed E-state index contributed by atoms with van der Waals surface area (Å²) in [5, 5.41) is 10.2. The van der Waals surface area contributed by atoms with E-state index in [-0.39, 0.29) is 24.3 Å². The van der Waals surface area contributed by atoms with Crippen molar-refractivity contribution < 1.29 is 29.0 Å². The van der Waals surface area contributed by atoms with Crippen LogP contribution in [0.25, 0.3) is 0 Å². The molecule has 0 bridgehead atoms. The summed E-state index contributed by atoms with van der Waals surface area (Å²) in [6, 6.07) is 13.9. The minimum absolute atomic E-state index is 0.0117. The highest BCUT2D eigenvalue weighted by Gasteiger charge is 2.37. The quantitative estimate of drug-likeness (QED) is 0.680. The van der Waals surface area contributed by atoms with Crippen molar-refractivity contribution in [3.05, 3.63) is 71.3 Å². The summed E-state index contributed by atoms with van der Waals surface area (Å²) in [6.45, 7) is -0.375. The number of benzene rings is 2. The van der Waals surface area contributed by atoms with E-state index >= 15 is 0 Å². The molecule has 2 N–H and O–H groups in total. The Morgan fingerprint density at radius 1 is 1.03 bits per heavy atom. The van der Waals surface area contributed by atoms with Gasteiger partial charge >= 0.3 is 12.1 Å². The molecule has 0 saturated heterocycles. The molecule has 2 aromatic rings. The van der Waals surface area contributed by atoms with Gasteiger partial charge in [-0.05, 0) is 17.7 Å². The van der Waals surface area contributed by atoms with Gasteiger partial charge in [0.2, 0.25) is 0 Å². The molecular weight excluding hydrogens is 378 g/mol. The van der Waals surface area contributed by atoms with Gasteiger partial charge in [0.05, 0.1) is 11.1 Å². The standard InChI is InChI=1S/C20H19N3O6/c1-22(20(28)29-12-13-7-3-2-4-8-13)16(19(26)27)11-21-23-17(24)14-9-5-6-10-15(14)18(23)25/h2-10,16,21H,11-12H2,1H3,(H,26,27)/t16-/m0/s1. The van der Waals surface area contributed by atoms with Crippen LogP contribution < -0.4 is 5.43 Å². The molecule has 0 unspecified atom stereocenters. The fourth-order valence-corrected chi connectivity index (χ4v) is 2.85. The second-order valence-corrected chi connectivity index (χ2v) is 6.36. The number of carboxylic acids is 1. The molecule has 0 saturated carbocycles. The minimum Gasteiger partial charge on any atom is -0.480 e. The predicted molar refractivity (Wildman–Crippen MR) is 101 cm³/mol. The molecule has 1 aliphatic heterocycles. The number of amides is 3. The van der Waals surface area contributed by atoms with Crippen molar-refractivity contribution in [2.75, 3.05) is 13.6 Å². The van der Waals surface area contributed by atoms with Crippen LogP contribution in [0.2, 0.25) is 0 Å². The molecule has 29 heavy (non-hydrogen) atoms. The van der Waals surface area contributed by atoms with E-state index in [9.17, 15) is 24.3 Å². The lowest BCUT2D eigenvalue weighted by molar-refractivity contribution is -0.142. The van der Waals surface area contributed by atoms with Crippen molar-refractivity contribution in [2.24, 2.45) is 0 Å². The largest absolute Gasteiger partial charge is 0.480 e. The number of aliphatic carboxylic acids is 1. The molecule has 2 aromatic carbocycles. The Balaban J connectivity index is 1.61. The van der Waals surface area contributed by atoms with Crippen LogP contribution in [0.1, 0.15) is 26.3 Å². The van der Waals surface area contributed by atoms with E-state index < -0.39 is 29.9 Å². The van der Waals surface area contributed by atoms with E-state index in [0.29, 0.717) is 0 Å². The van der Waals surface area contributed by atoms with Crippen LogP contribution >= 0.6 is 0 Å². The van der Waals surface area contributed by atoms with E-state index in [1.807, 2.05) is 6.07 Å². The topological polar surface area (TPSA) is 116 Å². The molecular formula is C20H19N3O6. The number of rotatable bonds is 7. The van der Waals surface area contributed by atoms with Crippen LogP contribution in [-0.4, -0.2) is 58.5 Å². The Kier molecular flexibility index (Phi) is 5.89. The molecule has 0 spiro atoms. The van der Waals surface area contributed by atoms with Gasteiger partial charge < -0.3 is 9.84 Å². The van der Waals surface area contributed by atoms with E-state index in [1.165, 1.54) is 19.2 Å². The maximum absolute atomic E-state index is 12.3. The van der Waals surface area contributed by atoms with Crippen molar-refractivity contribution >= 4 is 23.9 Å². The average molecular weight is 397 g/mol. The molecule has 1 atom stereocenters. The first-order valence-electron chi connectivity index (χ1n) is 8.77. The van der Waals surface area contributed by atoms with Crippen molar-refractivity contribution in [2.45, 2.75) is 12.6 Å². The summed E-state index contributed by atoms with van der Waals surface area (Å²) in [6.07, 6.45) is -0.842. The molecule has 3 rings (SSSR count). The summed E-state index contributed by atoms with van der Waals surface area (Å²) in [5.74, 6) is -2.47. The first-order valence-corrected chi connectivity index (χ1v) is 8.77. The van der Waals surface area contributed by atoms with E-state index in [4.69, 9.17) is 4.74 Å². The third kappa shape index (κ3) is 4.25. The molecule has 150 valence electrons. The number of carbonyl (C=O) groups excluding carboxylic acids is 3.